The molecule has 0 aliphatic rings. The van der Waals surface area contributed by atoms with Crippen molar-refractivity contribution in [2.45, 2.75) is 6.92 Å². The molecule has 0 unspecified atom stereocenters. The van der Waals surface area contributed by atoms with E-state index in [4.69, 9.17) is 16.3 Å². The van der Waals surface area contributed by atoms with Crippen LogP contribution in [0, 0.1) is 6.92 Å². The number of rotatable bonds is 6. The second-order valence-electron chi connectivity index (χ2n) is 3.54. The molecule has 5 heteroatoms. The summed E-state index contributed by atoms with van der Waals surface area (Å²) in [6, 6.07) is 5.66. The highest BCUT2D eigenvalue weighted by molar-refractivity contribution is 9.10. The fourth-order valence-electron chi connectivity index (χ4n) is 1.30. The smallest absolute Gasteiger partial charge is 0.252 e. The van der Waals surface area contributed by atoms with Crippen molar-refractivity contribution < 1.29 is 9.53 Å². The molecule has 0 saturated heterocycles. The van der Waals surface area contributed by atoms with Gasteiger partial charge < -0.3 is 10.1 Å². The number of ether oxygens (including phenoxy) is 1. The minimum Gasteiger partial charge on any atom is -0.378 e. The first-order valence-electron chi connectivity index (χ1n) is 5.33. The lowest BCUT2D eigenvalue weighted by molar-refractivity contribution is 0.0922. The number of benzene rings is 1. The summed E-state index contributed by atoms with van der Waals surface area (Å²) < 4.78 is 5.96. The van der Waals surface area contributed by atoms with E-state index < -0.39 is 0 Å². The molecule has 3 nitrogen and oxygen atoms in total. The van der Waals surface area contributed by atoms with Crippen molar-refractivity contribution >= 4 is 33.4 Å². The van der Waals surface area contributed by atoms with E-state index in [0.717, 1.165) is 10.0 Å². The number of alkyl halides is 1. The van der Waals surface area contributed by atoms with Crippen LogP contribution in [-0.2, 0) is 4.74 Å². The van der Waals surface area contributed by atoms with E-state index in [1.54, 1.807) is 0 Å². The van der Waals surface area contributed by atoms with Crippen LogP contribution in [0.4, 0.5) is 0 Å². The topological polar surface area (TPSA) is 38.3 Å². The summed E-state index contributed by atoms with van der Waals surface area (Å²) in [6.45, 7) is 3.41. The first-order valence-corrected chi connectivity index (χ1v) is 6.66. The fraction of sp³-hybridized carbons (Fsp3) is 0.417. The average molecular weight is 321 g/mol. The third kappa shape index (κ3) is 5.06. The largest absolute Gasteiger partial charge is 0.378 e. The van der Waals surface area contributed by atoms with Crippen LogP contribution < -0.4 is 5.32 Å². The molecular formula is C12H15BrClNO2. The van der Waals surface area contributed by atoms with Gasteiger partial charge in [-0.25, -0.2) is 0 Å². The molecule has 1 N–H and O–H groups in total. The standard InChI is InChI=1S/C12H15BrClNO2/c1-9-2-3-11(13)10(8-9)12(16)15-5-7-17-6-4-14/h2-3,8H,4-7H2,1H3,(H,15,16). The maximum atomic E-state index is 11.8. The van der Waals surface area contributed by atoms with Gasteiger partial charge in [0.15, 0.2) is 0 Å². The van der Waals surface area contributed by atoms with Gasteiger partial charge in [0.25, 0.3) is 5.91 Å². The maximum absolute atomic E-state index is 11.8. The number of hydrogen-bond donors (Lipinski definition) is 1. The van der Waals surface area contributed by atoms with E-state index in [0.29, 0.717) is 31.2 Å². The molecule has 1 aromatic rings. The third-order valence-electron chi connectivity index (χ3n) is 2.12. The first-order chi connectivity index (χ1) is 8.15. The molecule has 1 aromatic carbocycles. The highest BCUT2D eigenvalue weighted by Crippen LogP contribution is 2.17. The van der Waals surface area contributed by atoms with Crippen molar-refractivity contribution in [3.05, 3.63) is 33.8 Å². The Morgan fingerprint density at radius 2 is 2.24 bits per heavy atom. The van der Waals surface area contributed by atoms with Crippen LogP contribution in [0.15, 0.2) is 22.7 Å². The van der Waals surface area contributed by atoms with Gasteiger partial charge in [0.2, 0.25) is 0 Å². The van der Waals surface area contributed by atoms with E-state index in [2.05, 4.69) is 21.2 Å². The molecular weight excluding hydrogens is 305 g/mol. The van der Waals surface area contributed by atoms with Crippen molar-refractivity contribution in [3.63, 3.8) is 0 Å². The second-order valence-corrected chi connectivity index (χ2v) is 4.77. The van der Waals surface area contributed by atoms with Crippen LogP contribution in [0.1, 0.15) is 15.9 Å². The highest BCUT2D eigenvalue weighted by atomic mass is 79.9. The number of hydrogen-bond acceptors (Lipinski definition) is 2. The number of amides is 1. The number of aryl methyl sites for hydroxylation is 1. The number of carbonyl (C=O) groups excluding carboxylic acids is 1. The van der Waals surface area contributed by atoms with Crippen LogP contribution >= 0.6 is 27.5 Å². The first kappa shape index (κ1) is 14.5. The van der Waals surface area contributed by atoms with Crippen molar-refractivity contribution in [1.29, 1.82) is 0 Å². The molecule has 0 fully saturated rings. The lowest BCUT2D eigenvalue weighted by Crippen LogP contribution is -2.27. The van der Waals surface area contributed by atoms with Crippen LogP contribution in [0.3, 0.4) is 0 Å². The Morgan fingerprint density at radius 1 is 1.47 bits per heavy atom. The Hall–Kier alpha value is -0.580. The highest BCUT2D eigenvalue weighted by Gasteiger charge is 2.09. The zero-order valence-electron chi connectivity index (χ0n) is 9.63. The molecule has 1 amide bonds. The lowest BCUT2D eigenvalue weighted by atomic mass is 10.1. The quantitative estimate of drug-likeness (QED) is 0.646. The van der Waals surface area contributed by atoms with E-state index in [1.165, 1.54) is 0 Å². The Bertz CT molecular complexity index is 385. The molecule has 0 bridgehead atoms. The molecule has 1 rings (SSSR count). The molecule has 0 saturated carbocycles. The maximum Gasteiger partial charge on any atom is 0.252 e. The molecule has 17 heavy (non-hydrogen) atoms. The second kappa shape index (κ2) is 7.69. The normalized spacial score (nSPS) is 10.3. The molecule has 94 valence electrons. The van der Waals surface area contributed by atoms with E-state index in [1.807, 2.05) is 25.1 Å². The number of halogens is 2. The van der Waals surface area contributed by atoms with Crippen LogP contribution in [0.2, 0.25) is 0 Å². The van der Waals surface area contributed by atoms with E-state index >= 15 is 0 Å². The molecule has 0 spiro atoms. The van der Waals surface area contributed by atoms with Gasteiger partial charge in [-0.2, -0.15) is 0 Å². The number of nitrogens with one attached hydrogen (secondary N) is 1. The zero-order valence-corrected chi connectivity index (χ0v) is 12.0. The number of carbonyl (C=O) groups is 1. The van der Waals surface area contributed by atoms with E-state index in [-0.39, 0.29) is 5.91 Å². The Morgan fingerprint density at radius 3 is 2.94 bits per heavy atom. The van der Waals surface area contributed by atoms with Crippen molar-refractivity contribution in [2.75, 3.05) is 25.6 Å². The summed E-state index contributed by atoms with van der Waals surface area (Å²) in [4.78, 5) is 11.8. The van der Waals surface area contributed by atoms with Gasteiger partial charge in [0.1, 0.15) is 0 Å². The zero-order chi connectivity index (χ0) is 12.7. The van der Waals surface area contributed by atoms with Crippen LogP contribution in [0.5, 0.6) is 0 Å². The summed E-state index contributed by atoms with van der Waals surface area (Å²) >= 11 is 8.81. The summed E-state index contributed by atoms with van der Waals surface area (Å²) in [7, 11) is 0. The van der Waals surface area contributed by atoms with Gasteiger partial charge in [0, 0.05) is 16.9 Å². The molecule has 0 aromatic heterocycles. The Labute approximate surface area is 115 Å². The van der Waals surface area contributed by atoms with Crippen LogP contribution in [-0.4, -0.2) is 31.5 Å². The van der Waals surface area contributed by atoms with Gasteiger partial charge in [0.05, 0.1) is 18.8 Å². The minimum absolute atomic E-state index is 0.102. The van der Waals surface area contributed by atoms with Crippen LogP contribution in [0.25, 0.3) is 0 Å². The Kier molecular flexibility index (Phi) is 6.55. The average Bonchev–Trinajstić information content (AvgIpc) is 2.32. The third-order valence-corrected chi connectivity index (χ3v) is 2.97. The molecule has 0 aliphatic heterocycles. The van der Waals surface area contributed by atoms with Gasteiger partial charge in [-0.05, 0) is 35.0 Å². The van der Waals surface area contributed by atoms with E-state index in [9.17, 15) is 4.79 Å². The summed E-state index contributed by atoms with van der Waals surface area (Å²) in [6.07, 6.45) is 0. The summed E-state index contributed by atoms with van der Waals surface area (Å²) in [5.74, 6) is 0.368. The van der Waals surface area contributed by atoms with Gasteiger partial charge in [-0.1, -0.05) is 11.6 Å². The molecule has 0 heterocycles. The Balaban J connectivity index is 2.44. The molecule has 0 radical (unpaired) electrons. The van der Waals surface area contributed by atoms with Gasteiger partial charge >= 0.3 is 0 Å². The van der Waals surface area contributed by atoms with Crippen molar-refractivity contribution in [2.24, 2.45) is 0 Å². The predicted octanol–water partition coefficient (Wildman–Crippen LogP) is 2.74. The fourth-order valence-corrected chi connectivity index (χ4v) is 1.84. The summed E-state index contributed by atoms with van der Waals surface area (Å²) in [5.41, 5.74) is 1.69. The predicted molar refractivity (Wildman–Crippen MR) is 72.8 cm³/mol. The SMILES string of the molecule is Cc1ccc(Br)c(C(=O)NCCOCCCl)c1. The van der Waals surface area contributed by atoms with Gasteiger partial charge in [-0.15, -0.1) is 11.6 Å². The molecule has 0 aliphatic carbocycles. The molecule has 0 atom stereocenters. The monoisotopic (exact) mass is 319 g/mol. The van der Waals surface area contributed by atoms with Crippen molar-refractivity contribution in [1.82, 2.24) is 5.32 Å². The lowest BCUT2D eigenvalue weighted by Gasteiger charge is -2.07. The summed E-state index contributed by atoms with van der Waals surface area (Å²) in [5, 5.41) is 2.79. The van der Waals surface area contributed by atoms with Gasteiger partial charge in [-0.3, -0.25) is 4.79 Å². The minimum atomic E-state index is -0.102. The van der Waals surface area contributed by atoms with Crippen molar-refractivity contribution in [3.8, 4) is 0 Å².